The molecule has 0 spiro atoms. The number of ketones is 1. The van der Waals surface area contributed by atoms with Gasteiger partial charge in [-0.2, -0.15) is 0 Å². The van der Waals surface area contributed by atoms with Crippen LogP contribution >= 0.6 is 0 Å². The van der Waals surface area contributed by atoms with E-state index < -0.39 is 0 Å². The first-order valence-corrected chi connectivity index (χ1v) is 8.66. The van der Waals surface area contributed by atoms with Gasteiger partial charge in [-0.25, -0.2) is 4.79 Å². The quantitative estimate of drug-likeness (QED) is 0.780. The number of allylic oxidation sites excluding steroid dienone is 3. The normalized spacial score (nSPS) is 35.9. The Morgan fingerprint density at radius 1 is 1.25 bits per heavy atom. The lowest BCUT2D eigenvalue weighted by molar-refractivity contribution is -0.139. The van der Waals surface area contributed by atoms with Gasteiger partial charge in [-0.3, -0.25) is 4.79 Å². The molecule has 1 fully saturated rings. The standard InChI is InChI=1S/C20H26O4/c1-12-14(7-6-13-10-15(21)24-11-13)20(4)9-5-8-19(2,3)18(20)17(23)16(12)22/h6-7,10,14,18,22H,5,8-9,11H2,1-4H3/b7-6+/t14-,18-,20+/m0/s1. The zero-order valence-electron chi connectivity index (χ0n) is 14.9. The van der Waals surface area contributed by atoms with Crippen molar-refractivity contribution in [1.82, 2.24) is 0 Å². The molecule has 0 aromatic heterocycles. The highest BCUT2D eigenvalue weighted by Crippen LogP contribution is 2.59. The molecule has 1 saturated carbocycles. The van der Waals surface area contributed by atoms with Crippen LogP contribution in [0.3, 0.4) is 0 Å². The van der Waals surface area contributed by atoms with Crippen LogP contribution < -0.4 is 0 Å². The minimum Gasteiger partial charge on any atom is -0.504 e. The lowest BCUT2D eigenvalue weighted by Crippen LogP contribution is -2.53. The molecular formula is C20H26O4. The van der Waals surface area contributed by atoms with Crippen LogP contribution in [0.4, 0.5) is 0 Å². The number of cyclic esters (lactones) is 1. The van der Waals surface area contributed by atoms with Gasteiger partial charge in [0.2, 0.25) is 5.78 Å². The van der Waals surface area contributed by atoms with Gasteiger partial charge in [0, 0.05) is 17.9 Å². The van der Waals surface area contributed by atoms with E-state index >= 15 is 0 Å². The Hall–Kier alpha value is -1.84. The number of Topliss-reactive ketones (excluding diaryl/α,β-unsaturated/α-hetero) is 1. The molecule has 4 heteroatoms. The van der Waals surface area contributed by atoms with E-state index in [4.69, 9.17) is 4.74 Å². The van der Waals surface area contributed by atoms with Crippen LogP contribution in [-0.2, 0) is 14.3 Å². The first-order valence-electron chi connectivity index (χ1n) is 8.66. The van der Waals surface area contributed by atoms with Gasteiger partial charge in [0.15, 0.2) is 5.76 Å². The summed E-state index contributed by atoms with van der Waals surface area (Å²) in [5.41, 5.74) is 1.23. The third kappa shape index (κ3) is 2.52. The van der Waals surface area contributed by atoms with E-state index in [0.717, 1.165) is 30.4 Å². The Labute approximate surface area is 143 Å². The zero-order valence-corrected chi connectivity index (χ0v) is 14.9. The maximum absolute atomic E-state index is 12.8. The number of hydrogen-bond donors (Lipinski definition) is 1. The van der Waals surface area contributed by atoms with Gasteiger partial charge in [0.25, 0.3) is 0 Å². The van der Waals surface area contributed by atoms with Crippen molar-refractivity contribution in [2.75, 3.05) is 6.61 Å². The molecule has 3 rings (SSSR count). The van der Waals surface area contributed by atoms with Gasteiger partial charge in [-0.15, -0.1) is 0 Å². The van der Waals surface area contributed by atoms with Crippen molar-refractivity contribution < 1.29 is 19.4 Å². The molecule has 4 nitrogen and oxygen atoms in total. The topological polar surface area (TPSA) is 63.6 Å². The van der Waals surface area contributed by atoms with Gasteiger partial charge in [-0.05, 0) is 41.7 Å². The van der Waals surface area contributed by atoms with Crippen LogP contribution in [-0.4, -0.2) is 23.5 Å². The third-order valence-electron chi connectivity index (χ3n) is 6.21. The Morgan fingerprint density at radius 2 is 1.96 bits per heavy atom. The molecule has 0 radical (unpaired) electrons. The molecule has 1 heterocycles. The molecule has 1 N–H and O–H groups in total. The van der Waals surface area contributed by atoms with Crippen LogP contribution in [0.25, 0.3) is 0 Å². The van der Waals surface area contributed by atoms with E-state index in [1.165, 1.54) is 6.08 Å². The monoisotopic (exact) mass is 330 g/mol. The van der Waals surface area contributed by atoms with E-state index in [-0.39, 0.29) is 40.2 Å². The van der Waals surface area contributed by atoms with E-state index in [2.05, 4.69) is 20.8 Å². The Kier molecular flexibility index (Phi) is 3.97. The minimum atomic E-state index is -0.313. The van der Waals surface area contributed by atoms with E-state index in [1.807, 2.05) is 19.1 Å². The first-order chi connectivity index (χ1) is 11.2. The molecular weight excluding hydrogens is 304 g/mol. The van der Waals surface area contributed by atoms with Gasteiger partial charge >= 0.3 is 5.97 Å². The largest absolute Gasteiger partial charge is 0.504 e. The van der Waals surface area contributed by atoms with E-state index in [1.54, 1.807) is 0 Å². The molecule has 0 unspecified atom stereocenters. The van der Waals surface area contributed by atoms with Crippen molar-refractivity contribution in [1.29, 1.82) is 0 Å². The predicted octanol–water partition coefficient (Wildman–Crippen LogP) is 3.89. The second-order valence-corrected chi connectivity index (χ2v) is 8.34. The first kappa shape index (κ1) is 17.0. The zero-order chi connectivity index (χ0) is 17.7. The smallest absolute Gasteiger partial charge is 0.331 e. The third-order valence-corrected chi connectivity index (χ3v) is 6.21. The fourth-order valence-electron chi connectivity index (χ4n) is 5.14. The summed E-state index contributed by atoms with van der Waals surface area (Å²) in [5, 5.41) is 10.4. The Balaban J connectivity index is 2.03. The summed E-state index contributed by atoms with van der Waals surface area (Å²) in [4.78, 5) is 24.0. The molecule has 24 heavy (non-hydrogen) atoms. The van der Waals surface area contributed by atoms with Gasteiger partial charge in [0.05, 0.1) is 0 Å². The lowest BCUT2D eigenvalue weighted by Gasteiger charge is -2.55. The van der Waals surface area contributed by atoms with Crippen LogP contribution in [0.15, 0.2) is 35.1 Å². The maximum Gasteiger partial charge on any atom is 0.331 e. The fourth-order valence-corrected chi connectivity index (χ4v) is 5.14. The maximum atomic E-state index is 12.8. The lowest BCUT2D eigenvalue weighted by atomic mass is 9.48. The number of esters is 1. The van der Waals surface area contributed by atoms with Crippen LogP contribution in [0, 0.1) is 22.7 Å². The summed E-state index contributed by atoms with van der Waals surface area (Å²) in [6.07, 6.45) is 8.48. The summed E-state index contributed by atoms with van der Waals surface area (Å²) in [5.74, 6) is -0.701. The second-order valence-electron chi connectivity index (χ2n) is 8.34. The fraction of sp³-hybridized carbons (Fsp3) is 0.600. The van der Waals surface area contributed by atoms with Crippen molar-refractivity contribution in [2.24, 2.45) is 22.7 Å². The number of aliphatic hydroxyl groups is 1. The van der Waals surface area contributed by atoms with E-state index in [9.17, 15) is 14.7 Å². The highest BCUT2D eigenvalue weighted by molar-refractivity contribution is 5.98. The van der Waals surface area contributed by atoms with Crippen LogP contribution in [0.5, 0.6) is 0 Å². The molecule has 0 saturated heterocycles. The van der Waals surface area contributed by atoms with Crippen LogP contribution in [0.2, 0.25) is 0 Å². The number of hydrogen-bond acceptors (Lipinski definition) is 4. The summed E-state index contributed by atoms with van der Waals surface area (Å²) in [6.45, 7) is 8.57. The Bertz CT molecular complexity index is 680. The molecule has 0 bridgehead atoms. The molecule has 0 amide bonds. The summed E-state index contributed by atoms with van der Waals surface area (Å²) in [7, 11) is 0. The number of aliphatic hydroxyl groups excluding tert-OH is 1. The minimum absolute atomic E-state index is 0.0172. The molecule has 0 aromatic carbocycles. The molecule has 0 aromatic rings. The van der Waals surface area contributed by atoms with Crippen LogP contribution in [0.1, 0.15) is 47.0 Å². The summed E-state index contributed by atoms with van der Waals surface area (Å²) in [6, 6.07) is 0. The highest BCUT2D eigenvalue weighted by atomic mass is 16.5. The molecule has 1 aliphatic heterocycles. The molecule has 130 valence electrons. The van der Waals surface area contributed by atoms with Gasteiger partial charge < -0.3 is 9.84 Å². The summed E-state index contributed by atoms with van der Waals surface area (Å²) < 4.78 is 4.94. The van der Waals surface area contributed by atoms with Crippen molar-refractivity contribution in [3.8, 4) is 0 Å². The predicted molar refractivity (Wildman–Crippen MR) is 91.2 cm³/mol. The number of carbonyl (C=O) groups is 2. The molecule has 3 atom stereocenters. The van der Waals surface area contributed by atoms with Gasteiger partial charge in [0.1, 0.15) is 6.61 Å². The number of carbonyl (C=O) groups excluding carboxylic acids is 2. The molecule has 3 aliphatic rings. The van der Waals surface area contributed by atoms with Crippen molar-refractivity contribution in [3.05, 3.63) is 35.1 Å². The van der Waals surface area contributed by atoms with Crippen molar-refractivity contribution in [3.63, 3.8) is 0 Å². The number of ether oxygens (including phenoxy) is 1. The highest BCUT2D eigenvalue weighted by Gasteiger charge is 2.57. The van der Waals surface area contributed by atoms with Crippen molar-refractivity contribution >= 4 is 11.8 Å². The SMILES string of the molecule is CC1=C(O)C(=O)[C@H]2C(C)(C)CCC[C@]2(C)[C@H]1/C=C/C1=CC(=O)OC1. The van der Waals surface area contributed by atoms with Crippen molar-refractivity contribution in [2.45, 2.75) is 47.0 Å². The summed E-state index contributed by atoms with van der Waals surface area (Å²) >= 11 is 0. The molecule has 2 aliphatic carbocycles. The van der Waals surface area contributed by atoms with Gasteiger partial charge in [-0.1, -0.05) is 39.3 Å². The average molecular weight is 330 g/mol. The van der Waals surface area contributed by atoms with E-state index in [0.29, 0.717) is 6.61 Å². The average Bonchev–Trinajstić information content (AvgIpc) is 2.89. The number of rotatable bonds is 2. The Morgan fingerprint density at radius 3 is 2.58 bits per heavy atom. The second kappa shape index (κ2) is 5.61. The number of fused-ring (bicyclic) bond motifs is 1.